The van der Waals surface area contributed by atoms with E-state index in [-0.39, 0.29) is 5.56 Å². The van der Waals surface area contributed by atoms with E-state index in [9.17, 15) is 4.79 Å². The van der Waals surface area contributed by atoms with Gasteiger partial charge in [-0.15, -0.1) is 0 Å². The van der Waals surface area contributed by atoms with Crippen LogP contribution in [-0.2, 0) is 6.54 Å². The first-order valence-electron chi connectivity index (χ1n) is 9.89. The molecule has 0 aliphatic carbocycles. The molecule has 1 fully saturated rings. The fraction of sp³-hybridized carbons (Fsp3) is 0.500. The van der Waals surface area contributed by atoms with Crippen LogP contribution in [0.3, 0.4) is 0 Å². The largest absolute Gasteiger partial charge is 0.370 e. The number of pyridine rings is 1. The van der Waals surface area contributed by atoms with Crippen molar-refractivity contribution in [3.8, 4) is 0 Å². The first kappa shape index (κ1) is 20.6. The molecule has 1 aromatic carbocycles. The Morgan fingerprint density at radius 1 is 1.08 bits per heavy atom. The predicted octanol–water partition coefficient (Wildman–Crippen LogP) is 5.71. The first-order chi connectivity index (χ1) is 12.7. The molecule has 2 heterocycles. The fourth-order valence-corrected chi connectivity index (χ4v) is 3.76. The van der Waals surface area contributed by atoms with Crippen LogP contribution in [-0.4, -0.2) is 17.7 Å². The maximum atomic E-state index is 12.4. The number of benzene rings is 1. The molecule has 4 heteroatoms. The summed E-state index contributed by atoms with van der Waals surface area (Å²) in [5.74, 6) is 0.603. The standard InChI is InChI=1S/C20H25ClN2O.C2H6/c1-2-3-12-23-15-11-18(19(21)20(23)24)22-13-9-17(10-14-22)16-7-5-4-6-8-16;1-2/h4-8,11,15,17H,2-3,9-10,12-14H2,1H3;1-2H3. The smallest absolute Gasteiger partial charge is 0.271 e. The zero-order valence-electron chi connectivity index (χ0n) is 16.2. The Bertz CT molecular complexity index is 719. The second-order valence-electron chi connectivity index (χ2n) is 6.54. The maximum Gasteiger partial charge on any atom is 0.271 e. The highest BCUT2D eigenvalue weighted by Gasteiger charge is 2.23. The van der Waals surface area contributed by atoms with Gasteiger partial charge in [0.25, 0.3) is 5.56 Å². The molecule has 1 aliphatic rings. The summed E-state index contributed by atoms with van der Waals surface area (Å²) >= 11 is 6.39. The molecule has 0 unspecified atom stereocenters. The quantitative estimate of drug-likeness (QED) is 0.669. The molecule has 1 saturated heterocycles. The van der Waals surface area contributed by atoms with Gasteiger partial charge in [-0.05, 0) is 36.8 Å². The molecular weight excluding hydrogens is 344 g/mol. The van der Waals surface area contributed by atoms with E-state index in [0.29, 0.717) is 10.9 Å². The van der Waals surface area contributed by atoms with Crippen molar-refractivity contribution in [1.82, 2.24) is 4.57 Å². The molecule has 3 rings (SSSR count). The Morgan fingerprint density at radius 3 is 2.35 bits per heavy atom. The van der Waals surface area contributed by atoms with E-state index >= 15 is 0 Å². The molecule has 1 aliphatic heterocycles. The SMILES string of the molecule is CC.CCCCn1ccc(N2CCC(c3ccccc3)CC2)c(Cl)c1=O. The van der Waals surface area contributed by atoms with Crippen LogP contribution < -0.4 is 10.5 Å². The van der Waals surface area contributed by atoms with Crippen molar-refractivity contribution < 1.29 is 0 Å². The first-order valence-corrected chi connectivity index (χ1v) is 10.3. The number of hydrogen-bond donors (Lipinski definition) is 0. The highest BCUT2D eigenvalue weighted by atomic mass is 35.5. The third-order valence-corrected chi connectivity index (χ3v) is 5.30. The Labute approximate surface area is 162 Å². The number of rotatable bonds is 5. The monoisotopic (exact) mass is 374 g/mol. The molecule has 0 amide bonds. The van der Waals surface area contributed by atoms with Crippen LogP contribution in [0.2, 0.25) is 5.02 Å². The zero-order valence-corrected chi connectivity index (χ0v) is 17.0. The van der Waals surface area contributed by atoms with E-state index in [1.54, 1.807) is 4.57 Å². The lowest BCUT2D eigenvalue weighted by atomic mass is 9.89. The Balaban J connectivity index is 0.00000117. The molecule has 3 nitrogen and oxygen atoms in total. The van der Waals surface area contributed by atoms with Crippen LogP contribution in [0.25, 0.3) is 0 Å². The van der Waals surface area contributed by atoms with Crippen LogP contribution in [0.4, 0.5) is 5.69 Å². The van der Waals surface area contributed by atoms with E-state index < -0.39 is 0 Å². The molecule has 26 heavy (non-hydrogen) atoms. The van der Waals surface area contributed by atoms with Gasteiger partial charge in [-0.25, -0.2) is 0 Å². The molecule has 0 N–H and O–H groups in total. The fourth-order valence-electron chi connectivity index (χ4n) is 3.46. The Morgan fingerprint density at radius 2 is 1.73 bits per heavy atom. The molecule has 0 radical (unpaired) electrons. The van der Waals surface area contributed by atoms with E-state index in [1.165, 1.54) is 5.56 Å². The van der Waals surface area contributed by atoms with Gasteiger partial charge in [0.1, 0.15) is 5.02 Å². The summed E-state index contributed by atoms with van der Waals surface area (Å²) < 4.78 is 1.73. The zero-order chi connectivity index (χ0) is 18.9. The summed E-state index contributed by atoms with van der Waals surface area (Å²) in [5, 5.41) is 0.367. The normalized spacial score (nSPS) is 14.7. The molecular formula is C22H31ClN2O. The minimum atomic E-state index is -0.0622. The summed E-state index contributed by atoms with van der Waals surface area (Å²) in [4.78, 5) is 14.7. The molecule has 0 saturated carbocycles. The highest BCUT2D eigenvalue weighted by molar-refractivity contribution is 6.33. The number of hydrogen-bond acceptors (Lipinski definition) is 2. The second kappa shape index (κ2) is 10.4. The van der Waals surface area contributed by atoms with Crippen molar-refractivity contribution >= 4 is 17.3 Å². The van der Waals surface area contributed by atoms with Gasteiger partial charge in [-0.2, -0.15) is 0 Å². The molecule has 1 aromatic heterocycles. The van der Waals surface area contributed by atoms with Crippen molar-refractivity contribution in [2.75, 3.05) is 18.0 Å². The average molecular weight is 375 g/mol. The van der Waals surface area contributed by atoms with E-state index in [0.717, 1.165) is 51.0 Å². The van der Waals surface area contributed by atoms with E-state index in [2.05, 4.69) is 42.2 Å². The summed E-state index contributed by atoms with van der Waals surface area (Å²) in [7, 11) is 0. The molecule has 0 spiro atoms. The summed E-state index contributed by atoms with van der Waals surface area (Å²) in [6.07, 6.45) is 6.15. The summed E-state index contributed by atoms with van der Waals surface area (Å²) in [6.45, 7) is 8.75. The van der Waals surface area contributed by atoms with E-state index in [4.69, 9.17) is 11.6 Å². The number of aryl methyl sites for hydroxylation is 1. The number of halogens is 1. The average Bonchev–Trinajstić information content (AvgIpc) is 2.71. The van der Waals surface area contributed by atoms with Gasteiger partial charge < -0.3 is 9.47 Å². The minimum absolute atomic E-state index is 0.0622. The molecule has 0 bridgehead atoms. The van der Waals surface area contributed by atoms with Crippen molar-refractivity contribution in [1.29, 1.82) is 0 Å². The van der Waals surface area contributed by atoms with Crippen molar-refractivity contribution in [3.05, 3.63) is 63.5 Å². The van der Waals surface area contributed by atoms with Crippen LogP contribution >= 0.6 is 11.6 Å². The third-order valence-electron chi connectivity index (χ3n) is 4.95. The van der Waals surface area contributed by atoms with Gasteiger partial charge in [0.15, 0.2) is 0 Å². The van der Waals surface area contributed by atoms with Gasteiger partial charge >= 0.3 is 0 Å². The summed E-state index contributed by atoms with van der Waals surface area (Å²) in [6, 6.07) is 12.7. The van der Waals surface area contributed by atoms with Crippen LogP contribution in [0.5, 0.6) is 0 Å². The lowest BCUT2D eigenvalue weighted by Gasteiger charge is -2.34. The van der Waals surface area contributed by atoms with Crippen LogP contribution in [0.15, 0.2) is 47.4 Å². The number of unbranched alkanes of at least 4 members (excludes halogenated alkanes) is 1. The Hall–Kier alpha value is -1.74. The van der Waals surface area contributed by atoms with Crippen LogP contribution in [0.1, 0.15) is 57.9 Å². The number of anilines is 1. The maximum absolute atomic E-state index is 12.4. The minimum Gasteiger partial charge on any atom is -0.370 e. The lowest BCUT2D eigenvalue weighted by molar-refractivity contribution is 0.504. The number of nitrogens with zero attached hydrogens (tertiary/aromatic N) is 2. The third kappa shape index (κ3) is 4.91. The predicted molar refractivity (Wildman–Crippen MR) is 113 cm³/mol. The topological polar surface area (TPSA) is 25.2 Å². The van der Waals surface area contributed by atoms with Gasteiger partial charge in [0, 0.05) is 25.8 Å². The van der Waals surface area contributed by atoms with Crippen molar-refractivity contribution in [2.24, 2.45) is 0 Å². The van der Waals surface area contributed by atoms with E-state index in [1.807, 2.05) is 26.1 Å². The number of piperidine rings is 1. The molecule has 2 aromatic rings. The van der Waals surface area contributed by atoms with Gasteiger partial charge in [0.05, 0.1) is 5.69 Å². The number of aromatic nitrogens is 1. The van der Waals surface area contributed by atoms with Gasteiger partial charge in [-0.1, -0.05) is 69.1 Å². The van der Waals surface area contributed by atoms with Crippen molar-refractivity contribution in [2.45, 2.75) is 58.9 Å². The highest BCUT2D eigenvalue weighted by Crippen LogP contribution is 2.32. The van der Waals surface area contributed by atoms with Gasteiger partial charge in [-0.3, -0.25) is 4.79 Å². The lowest BCUT2D eigenvalue weighted by Crippen LogP contribution is -2.34. The summed E-state index contributed by atoms with van der Waals surface area (Å²) in [5.41, 5.74) is 2.24. The Kier molecular flexibility index (Phi) is 8.24. The molecule has 142 valence electrons. The van der Waals surface area contributed by atoms with Gasteiger partial charge in [0.2, 0.25) is 0 Å². The molecule has 0 atom stereocenters. The van der Waals surface area contributed by atoms with Crippen molar-refractivity contribution in [3.63, 3.8) is 0 Å². The second-order valence-corrected chi connectivity index (χ2v) is 6.92. The van der Waals surface area contributed by atoms with Crippen LogP contribution in [0, 0.1) is 0 Å².